The Morgan fingerprint density at radius 1 is 1.13 bits per heavy atom. The van der Waals surface area contributed by atoms with E-state index < -0.39 is 17.6 Å². The molecule has 0 atom stereocenters. The van der Waals surface area contributed by atoms with Crippen LogP contribution in [0.5, 0.6) is 0 Å². The molecule has 0 aliphatic carbocycles. The van der Waals surface area contributed by atoms with Crippen molar-refractivity contribution in [2.24, 2.45) is 0 Å². The summed E-state index contributed by atoms with van der Waals surface area (Å²) in [7, 11) is 0. The van der Waals surface area contributed by atoms with Gasteiger partial charge in [-0.15, -0.1) is 0 Å². The molecule has 2 rings (SSSR count). The van der Waals surface area contributed by atoms with E-state index in [0.29, 0.717) is 0 Å². The summed E-state index contributed by atoms with van der Waals surface area (Å²) in [6.45, 7) is 1.87. The Labute approximate surface area is 140 Å². The van der Waals surface area contributed by atoms with Gasteiger partial charge in [-0.1, -0.05) is 22.0 Å². The average Bonchev–Trinajstić information content (AvgIpc) is 2.48. The van der Waals surface area contributed by atoms with E-state index in [1.807, 2.05) is 19.1 Å². The van der Waals surface area contributed by atoms with Gasteiger partial charge < -0.3 is 10.6 Å². The summed E-state index contributed by atoms with van der Waals surface area (Å²) in [4.78, 5) is 11.8. The average molecular weight is 387 g/mol. The quantitative estimate of drug-likeness (QED) is 0.790. The van der Waals surface area contributed by atoms with Crippen LogP contribution in [0.4, 0.5) is 24.5 Å². The molecule has 7 heteroatoms. The lowest BCUT2D eigenvalue weighted by atomic mass is 10.2. The van der Waals surface area contributed by atoms with Crippen LogP contribution in [-0.4, -0.2) is 12.5 Å². The molecule has 0 aromatic heterocycles. The Morgan fingerprint density at radius 2 is 1.87 bits per heavy atom. The first-order chi connectivity index (χ1) is 10.8. The summed E-state index contributed by atoms with van der Waals surface area (Å²) in [5.41, 5.74) is 1.07. The van der Waals surface area contributed by atoms with Crippen molar-refractivity contribution in [2.75, 3.05) is 17.2 Å². The normalized spacial score (nSPS) is 11.2. The third-order valence-electron chi connectivity index (χ3n) is 3.08. The third-order valence-corrected chi connectivity index (χ3v) is 3.97. The van der Waals surface area contributed by atoms with Crippen molar-refractivity contribution in [3.8, 4) is 0 Å². The second kappa shape index (κ2) is 7.04. The van der Waals surface area contributed by atoms with Crippen molar-refractivity contribution < 1.29 is 18.0 Å². The summed E-state index contributed by atoms with van der Waals surface area (Å²) in [5.74, 6) is -0.426. The minimum atomic E-state index is -4.44. The highest BCUT2D eigenvalue weighted by Gasteiger charge is 2.30. The fourth-order valence-electron chi connectivity index (χ4n) is 1.92. The third kappa shape index (κ3) is 4.99. The number of halogens is 4. The van der Waals surface area contributed by atoms with Crippen molar-refractivity contribution >= 4 is 33.2 Å². The van der Waals surface area contributed by atoms with Gasteiger partial charge in [0, 0.05) is 15.8 Å². The Bertz CT molecular complexity index is 717. The molecule has 0 saturated heterocycles. The number of aryl methyl sites for hydroxylation is 1. The predicted octanol–water partition coefficient (Wildman–Crippen LogP) is 4.83. The summed E-state index contributed by atoms with van der Waals surface area (Å²) in [6.07, 6.45) is -4.44. The van der Waals surface area contributed by atoms with Crippen LogP contribution in [0.25, 0.3) is 0 Å². The van der Waals surface area contributed by atoms with Gasteiger partial charge in [-0.3, -0.25) is 4.79 Å². The highest BCUT2D eigenvalue weighted by molar-refractivity contribution is 9.10. The predicted molar refractivity (Wildman–Crippen MR) is 87.4 cm³/mol. The first-order valence-corrected chi connectivity index (χ1v) is 7.52. The van der Waals surface area contributed by atoms with Gasteiger partial charge in [0.15, 0.2) is 0 Å². The molecule has 122 valence electrons. The topological polar surface area (TPSA) is 41.1 Å². The molecule has 2 aromatic carbocycles. The maximum atomic E-state index is 12.6. The van der Waals surface area contributed by atoms with Gasteiger partial charge in [0.05, 0.1) is 12.1 Å². The standard InChI is InChI=1S/C16H14BrF3N2O/c1-10-7-12(5-6-14(10)17)21-9-15(23)22-13-4-2-3-11(8-13)16(18,19)20/h2-8,21H,9H2,1H3,(H,22,23). The molecule has 0 heterocycles. The van der Waals surface area contributed by atoms with Crippen molar-refractivity contribution in [1.29, 1.82) is 0 Å². The van der Waals surface area contributed by atoms with Crippen LogP contribution in [0.3, 0.4) is 0 Å². The van der Waals surface area contributed by atoms with E-state index in [1.165, 1.54) is 12.1 Å². The van der Waals surface area contributed by atoms with Gasteiger partial charge in [0.25, 0.3) is 0 Å². The molecular weight excluding hydrogens is 373 g/mol. The lowest BCUT2D eigenvalue weighted by Crippen LogP contribution is -2.22. The number of anilines is 2. The Kier molecular flexibility index (Phi) is 5.30. The van der Waals surface area contributed by atoms with Gasteiger partial charge in [-0.25, -0.2) is 0 Å². The lowest BCUT2D eigenvalue weighted by Gasteiger charge is -2.11. The van der Waals surface area contributed by atoms with E-state index >= 15 is 0 Å². The van der Waals surface area contributed by atoms with Gasteiger partial charge in [0.2, 0.25) is 5.91 Å². The van der Waals surface area contributed by atoms with Crippen LogP contribution in [0.1, 0.15) is 11.1 Å². The van der Waals surface area contributed by atoms with E-state index in [4.69, 9.17) is 0 Å². The van der Waals surface area contributed by atoms with Crippen molar-refractivity contribution in [3.05, 3.63) is 58.1 Å². The molecule has 0 bridgehead atoms. The molecule has 0 aliphatic heterocycles. The monoisotopic (exact) mass is 386 g/mol. The highest BCUT2D eigenvalue weighted by Crippen LogP contribution is 2.30. The zero-order chi connectivity index (χ0) is 17.0. The molecule has 1 amide bonds. The zero-order valence-corrected chi connectivity index (χ0v) is 13.8. The summed E-state index contributed by atoms with van der Waals surface area (Å²) < 4.78 is 38.8. The Balaban J connectivity index is 1.96. The first-order valence-electron chi connectivity index (χ1n) is 6.73. The fraction of sp³-hybridized carbons (Fsp3) is 0.188. The molecule has 0 spiro atoms. The zero-order valence-electron chi connectivity index (χ0n) is 12.2. The van der Waals surface area contributed by atoms with Crippen LogP contribution in [0.15, 0.2) is 46.9 Å². The maximum Gasteiger partial charge on any atom is 0.416 e. The number of rotatable bonds is 4. The first kappa shape index (κ1) is 17.3. The Hall–Kier alpha value is -2.02. The second-order valence-electron chi connectivity index (χ2n) is 4.94. The smallest absolute Gasteiger partial charge is 0.376 e. The van der Waals surface area contributed by atoms with Crippen molar-refractivity contribution in [1.82, 2.24) is 0 Å². The summed E-state index contributed by atoms with van der Waals surface area (Å²) in [6, 6.07) is 10.0. The number of amides is 1. The number of carbonyl (C=O) groups excluding carboxylic acids is 1. The van der Waals surface area contributed by atoms with E-state index in [9.17, 15) is 18.0 Å². The van der Waals surface area contributed by atoms with Crippen LogP contribution >= 0.6 is 15.9 Å². The second-order valence-corrected chi connectivity index (χ2v) is 5.80. The molecular formula is C16H14BrF3N2O. The van der Waals surface area contributed by atoms with Crippen molar-refractivity contribution in [2.45, 2.75) is 13.1 Å². The van der Waals surface area contributed by atoms with E-state index in [1.54, 1.807) is 6.07 Å². The molecule has 0 aliphatic rings. The maximum absolute atomic E-state index is 12.6. The molecule has 0 unspecified atom stereocenters. The van der Waals surface area contributed by atoms with Gasteiger partial charge in [0.1, 0.15) is 0 Å². The van der Waals surface area contributed by atoms with Gasteiger partial charge >= 0.3 is 6.18 Å². The Morgan fingerprint density at radius 3 is 2.52 bits per heavy atom. The van der Waals surface area contributed by atoms with Gasteiger partial charge in [-0.2, -0.15) is 13.2 Å². The summed E-state index contributed by atoms with van der Waals surface area (Å²) in [5, 5.41) is 5.36. The molecule has 2 aromatic rings. The molecule has 0 radical (unpaired) electrons. The molecule has 0 saturated carbocycles. The molecule has 3 nitrogen and oxygen atoms in total. The van der Waals surface area contributed by atoms with Crippen LogP contribution < -0.4 is 10.6 Å². The van der Waals surface area contributed by atoms with E-state index in [2.05, 4.69) is 26.6 Å². The van der Waals surface area contributed by atoms with E-state index in [0.717, 1.165) is 27.9 Å². The fourth-order valence-corrected chi connectivity index (χ4v) is 2.16. The van der Waals surface area contributed by atoms with Gasteiger partial charge in [-0.05, 0) is 48.9 Å². The van der Waals surface area contributed by atoms with Crippen LogP contribution in [-0.2, 0) is 11.0 Å². The largest absolute Gasteiger partial charge is 0.416 e. The number of alkyl halides is 3. The highest BCUT2D eigenvalue weighted by atomic mass is 79.9. The van der Waals surface area contributed by atoms with Crippen LogP contribution in [0, 0.1) is 6.92 Å². The molecule has 0 fully saturated rings. The SMILES string of the molecule is Cc1cc(NCC(=O)Nc2cccc(C(F)(F)F)c2)ccc1Br. The number of nitrogens with one attached hydrogen (secondary N) is 2. The molecule has 2 N–H and O–H groups in total. The summed E-state index contributed by atoms with van der Waals surface area (Å²) >= 11 is 3.38. The van der Waals surface area contributed by atoms with E-state index in [-0.39, 0.29) is 12.2 Å². The molecule has 23 heavy (non-hydrogen) atoms. The van der Waals surface area contributed by atoms with Crippen molar-refractivity contribution in [3.63, 3.8) is 0 Å². The lowest BCUT2D eigenvalue weighted by molar-refractivity contribution is -0.137. The number of hydrogen-bond acceptors (Lipinski definition) is 2. The minimum absolute atomic E-state index is 0.0443. The minimum Gasteiger partial charge on any atom is -0.376 e. The van der Waals surface area contributed by atoms with Crippen LogP contribution in [0.2, 0.25) is 0 Å². The number of benzene rings is 2. The number of carbonyl (C=O) groups is 1. The number of hydrogen-bond donors (Lipinski definition) is 2.